The smallest absolute Gasteiger partial charge is 0.232 e. The Bertz CT molecular complexity index is 996. The van der Waals surface area contributed by atoms with Gasteiger partial charge >= 0.3 is 0 Å². The highest BCUT2D eigenvalue weighted by Gasteiger charge is 2.21. The van der Waals surface area contributed by atoms with E-state index in [0.717, 1.165) is 11.3 Å². The zero-order chi connectivity index (χ0) is 18.7. The van der Waals surface area contributed by atoms with Crippen molar-refractivity contribution in [3.63, 3.8) is 0 Å². The standard InChI is InChI=1S/C20H23N3O2S/c1-4-26(24,25)23-17-9-6-8-16(11-17)20(19-12-21-13-22-19)18-10-5-7-14(2)15(18)3/h5-13,20,23H,4H2,1-3H3,(H,21,22). The van der Waals surface area contributed by atoms with Crippen molar-refractivity contribution in [1.29, 1.82) is 0 Å². The van der Waals surface area contributed by atoms with Crippen LogP contribution >= 0.6 is 0 Å². The molecule has 1 aromatic heterocycles. The summed E-state index contributed by atoms with van der Waals surface area (Å²) < 4.78 is 26.5. The van der Waals surface area contributed by atoms with Gasteiger partial charge in [0.05, 0.1) is 18.0 Å². The van der Waals surface area contributed by atoms with Crippen molar-refractivity contribution in [3.8, 4) is 0 Å². The average molecular weight is 369 g/mol. The van der Waals surface area contributed by atoms with Crippen LogP contribution in [0, 0.1) is 13.8 Å². The minimum atomic E-state index is -3.32. The van der Waals surface area contributed by atoms with Crippen LogP contribution in [-0.2, 0) is 10.0 Å². The lowest BCUT2D eigenvalue weighted by atomic mass is 9.85. The molecular formula is C20H23N3O2S. The van der Waals surface area contributed by atoms with Crippen LogP contribution in [0.3, 0.4) is 0 Å². The number of sulfonamides is 1. The van der Waals surface area contributed by atoms with Crippen LogP contribution in [0.15, 0.2) is 55.0 Å². The Kier molecular flexibility index (Phi) is 5.13. The summed E-state index contributed by atoms with van der Waals surface area (Å²) in [6, 6.07) is 13.8. The molecule has 3 aromatic rings. The van der Waals surface area contributed by atoms with Gasteiger partial charge in [0, 0.05) is 17.6 Å². The molecule has 0 bridgehead atoms. The molecule has 1 atom stereocenters. The number of aromatic nitrogens is 2. The number of H-pyrrole nitrogens is 1. The van der Waals surface area contributed by atoms with Gasteiger partial charge in [0.15, 0.2) is 0 Å². The first kappa shape index (κ1) is 18.2. The Balaban J connectivity index is 2.11. The van der Waals surface area contributed by atoms with E-state index in [4.69, 9.17) is 0 Å². The number of imidazole rings is 1. The van der Waals surface area contributed by atoms with E-state index in [0.29, 0.717) is 5.69 Å². The maximum Gasteiger partial charge on any atom is 0.232 e. The number of benzene rings is 2. The molecule has 136 valence electrons. The Morgan fingerprint density at radius 2 is 1.92 bits per heavy atom. The van der Waals surface area contributed by atoms with Crippen LogP contribution in [-0.4, -0.2) is 24.1 Å². The predicted octanol–water partition coefficient (Wildman–Crippen LogP) is 3.97. The fraction of sp³-hybridized carbons (Fsp3) is 0.250. The molecule has 2 aromatic carbocycles. The Morgan fingerprint density at radius 1 is 1.15 bits per heavy atom. The first-order valence-electron chi connectivity index (χ1n) is 8.56. The lowest BCUT2D eigenvalue weighted by Gasteiger charge is -2.21. The molecule has 3 rings (SSSR count). The van der Waals surface area contributed by atoms with Gasteiger partial charge in [-0.25, -0.2) is 13.4 Å². The second-order valence-corrected chi connectivity index (χ2v) is 8.37. The molecular weight excluding hydrogens is 346 g/mol. The minimum absolute atomic E-state index is 0.0399. The van der Waals surface area contributed by atoms with Crippen molar-refractivity contribution in [1.82, 2.24) is 9.97 Å². The molecule has 0 radical (unpaired) electrons. The summed E-state index contributed by atoms with van der Waals surface area (Å²) in [6.45, 7) is 5.82. The molecule has 2 N–H and O–H groups in total. The largest absolute Gasteiger partial charge is 0.348 e. The molecule has 6 heteroatoms. The van der Waals surface area contributed by atoms with Crippen molar-refractivity contribution in [2.75, 3.05) is 10.5 Å². The number of nitrogens with one attached hydrogen (secondary N) is 2. The van der Waals surface area contributed by atoms with Crippen molar-refractivity contribution >= 4 is 15.7 Å². The molecule has 1 unspecified atom stereocenters. The third-order valence-electron chi connectivity index (χ3n) is 4.66. The molecule has 0 aliphatic heterocycles. The maximum atomic E-state index is 11.9. The number of anilines is 1. The van der Waals surface area contributed by atoms with E-state index in [-0.39, 0.29) is 11.7 Å². The first-order valence-corrected chi connectivity index (χ1v) is 10.2. The number of aromatic amines is 1. The van der Waals surface area contributed by atoms with Crippen LogP contribution in [0.1, 0.15) is 40.8 Å². The highest BCUT2D eigenvalue weighted by Crippen LogP contribution is 2.34. The van der Waals surface area contributed by atoms with E-state index in [1.165, 1.54) is 16.7 Å². The predicted molar refractivity (Wildman–Crippen MR) is 105 cm³/mol. The second-order valence-electron chi connectivity index (χ2n) is 6.36. The lowest BCUT2D eigenvalue weighted by molar-refractivity contribution is 0.602. The number of nitrogens with zero attached hydrogens (tertiary/aromatic N) is 1. The molecule has 5 nitrogen and oxygen atoms in total. The first-order chi connectivity index (χ1) is 12.4. The van der Waals surface area contributed by atoms with E-state index in [9.17, 15) is 8.42 Å². The normalized spacial score (nSPS) is 12.7. The van der Waals surface area contributed by atoms with Crippen molar-refractivity contribution < 1.29 is 8.42 Å². The molecule has 0 saturated heterocycles. The molecule has 0 spiro atoms. The van der Waals surface area contributed by atoms with Crippen LogP contribution in [0.5, 0.6) is 0 Å². The average Bonchev–Trinajstić information content (AvgIpc) is 3.13. The molecule has 0 fully saturated rings. The quantitative estimate of drug-likeness (QED) is 0.690. The topological polar surface area (TPSA) is 74.8 Å². The van der Waals surface area contributed by atoms with Crippen molar-refractivity contribution in [2.24, 2.45) is 0 Å². The molecule has 0 saturated carbocycles. The molecule has 1 heterocycles. The van der Waals surface area contributed by atoms with Gasteiger partial charge in [-0.05, 0) is 55.2 Å². The van der Waals surface area contributed by atoms with Crippen molar-refractivity contribution in [3.05, 3.63) is 82.9 Å². The number of hydrogen-bond donors (Lipinski definition) is 2. The summed E-state index contributed by atoms with van der Waals surface area (Å²) in [6.07, 6.45) is 3.48. The van der Waals surface area contributed by atoms with Gasteiger partial charge in [0.2, 0.25) is 10.0 Å². The lowest BCUT2D eigenvalue weighted by Crippen LogP contribution is -2.15. The maximum absolute atomic E-state index is 11.9. The van der Waals surface area contributed by atoms with Gasteiger partial charge in [-0.1, -0.05) is 30.3 Å². The van der Waals surface area contributed by atoms with E-state index >= 15 is 0 Å². The highest BCUT2D eigenvalue weighted by molar-refractivity contribution is 7.92. The Labute approximate surface area is 154 Å². The second kappa shape index (κ2) is 7.33. The van der Waals surface area contributed by atoms with Gasteiger partial charge in [0.1, 0.15) is 0 Å². The summed E-state index contributed by atoms with van der Waals surface area (Å²) in [5.41, 5.74) is 6.14. The van der Waals surface area contributed by atoms with Gasteiger partial charge in [-0.15, -0.1) is 0 Å². The molecule has 26 heavy (non-hydrogen) atoms. The van der Waals surface area contributed by atoms with Gasteiger partial charge in [0.25, 0.3) is 0 Å². The van der Waals surface area contributed by atoms with Crippen LogP contribution in [0.2, 0.25) is 0 Å². The highest BCUT2D eigenvalue weighted by atomic mass is 32.2. The van der Waals surface area contributed by atoms with E-state index in [1.807, 2.05) is 30.5 Å². The fourth-order valence-corrected chi connectivity index (χ4v) is 3.70. The summed E-state index contributed by atoms with van der Waals surface area (Å²) in [5, 5.41) is 0. The Morgan fingerprint density at radius 3 is 2.62 bits per heavy atom. The van der Waals surface area contributed by atoms with Crippen LogP contribution < -0.4 is 4.72 Å². The summed E-state index contributed by atoms with van der Waals surface area (Å²) in [5.74, 6) is -0.0125. The Hall–Kier alpha value is -2.60. The van der Waals surface area contributed by atoms with Crippen LogP contribution in [0.4, 0.5) is 5.69 Å². The minimum Gasteiger partial charge on any atom is -0.348 e. The summed E-state index contributed by atoms with van der Waals surface area (Å²) in [4.78, 5) is 7.38. The number of hydrogen-bond acceptors (Lipinski definition) is 3. The van der Waals surface area contributed by atoms with Crippen molar-refractivity contribution in [2.45, 2.75) is 26.7 Å². The zero-order valence-electron chi connectivity index (χ0n) is 15.2. The monoisotopic (exact) mass is 369 g/mol. The summed E-state index contributed by atoms with van der Waals surface area (Å²) in [7, 11) is -3.32. The molecule has 0 amide bonds. The number of aryl methyl sites for hydroxylation is 1. The van der Waals surface area contributed by atoms with E-state index in [2.05, 4.69) is 40.7 Å². The van der Waals surface area contributed by atoms with Gasteiger partial charge < -0.3 is 4.98 Å². The summed E-state index contributed by atoms with van der Waals surface area (Å²) >= 11 is 0. The van der Waals surface area contributed by atoms with Crippen LogP contribution in [0.25, 0.3) is 0 Å². The van der Waals surface area contributed by atoms with E-state index in [1.54, 1.807) is 19.3 Å². The van der Waals surface area contributed by atoms with E-state index < -0.39 is 10.0 Å². The van der Waals surface area contributed by atoms with Gasteiger partial charge in [-0.3, -0.25) is 4.72 Å². The fourth-order valence-electron chi connectivity index (χ4n) is 3.07. The SMILES string of the molecule is CCS(=O)(=O)Nc1cccc(C(c2cnc[nH]2)c2cccc(C)c2C)c1. The third kappa shape index (κ3) is 3.80. The molecule has 0 aliphatic rings. The molecule has 0 aliphatic carbocycles. The van der Waals surface area contributed by atoms with Gasteiger partial charge in [-0.2, -0.15) is 0 Å². The number of rotatable bonds is 6. The third-order valence-corrected chi connectivity index (χ3v) is 5.97. The zero-order valence-corrected chi connectivity index (χ0v) is 16.0.